The second-order valence-electron chi connectivity index (χ2n) is 5.06. The Balaban J connectivity index is 2.30. The molecule has 0 radical (unpaired) electrons. The van der Waals surface area contributed by atoms with E-state index in [4.69, 9.17) is 0 Å². The maximum Gasteiger partial charge on any atom is 0.239 e. The van der Waals surface area contributed by atoms with E-state index in [0.717, 1.165) is 38.9 Å². The van der Waals surface area contributed by atoms with Gasteiger partial charge in [-0.1, -0.05) is 0 Å². The molecule has 4 heteroatoms. The quantitative estimate of drug-likeness (QED) is 0.684. The first-order valence-corrected chi connectivity index (χ1v) is 6.12. The van der Waals surface area contributed by atoms with Crippen LogP contribution >= 0.6 is 0 Å². The van der Waals surface area contributed by atoms with Crippen LogP contribution in [0.25, 0.3) is 0 Å². The van der Waals surface area contributed by atoms with E-state index in [1.54, 1.807) is 0 Å². The van der Waals surface area contributed by atoms with Crippen LogP contribution in [0.3, 0.4) is 0 Å². The summed E-state index contributed by atoms with van der Waals surface area (Å²) < 4.78 is 0. The van der Waals surface area contributed by atoms with E-state index in [1.165, 1.54) is 0 Å². The molecule has 0 N–H and O–H groups in total. The Labute approximate surface area is 99.2 Å². The van der Waals surface area contributed by atoms with Crippen molar-refractivity contribution in [3.63, 3.8) is 0 Å². The summed E-state index contributed by atoms with van der Waals surface area (Å²) in [6.07, 6.45) is 3.22. The lowest BCUT2D eigenvalue weighted by Gasteiger charge is -2.25. The maximum atomic E-state index is 12.1. The third kappa shape index (κ3) is 3.76. The molecule has 0 aliphatic carbocycles. The number of likely N-dealkylation sites (N-methyl/N-ethyl adjacent to an activating group) is 2. The number of carbonyl (C=O) groups excluding carboxylic acids is 1. The SMILES string of the molecule is CN(C)CCCN(C)C(=O)C1CCCN1C. The molecule has 4 nitrogen and oxygen atoms in total. The van der Waals surface area contributed by atoms with Gasteiger partial charge in [-0.25, -0.2) is 0 Å². The highest BCUT2D eigenvalue weighted by atomic mass is 16.2. The first-order valence-electron chi connectivity index (χ1n) is 6.12. The molecule has 0 aromatic heterocycles. The lowest BCUT2D eigenvalue weighted by molar-refractivity contribution is -0.134. The molecule has 0 saturated carbocycles. The average Bonchev–Trinajstić information content (AvgIpc) is 2.62. The van der Waals surface area contributed by atoms with Gasteiger partial charge in [-0.2, -0.15) is 0 Å². The standard InChI is InChI=1S/C12H25N3O/c1-13(2)8-6-10-15(4)12(16)11-7-5-9-14(11)3/h11H,5-10H2,1-4H3. The summed E-state index contributed by atoms with van der Waals surface area (Å²) >= 11 is 0. The summed E-state index contributed by atoms with van der Waals surface area (Å²) in [5, 5.41) is 0. The Hall–Kier alpha value is -0.610. The predicted molar refractivity (Wildman–Crippen MR) is 66.5 cm³/mol. The monoisotopic (exact) mass is 227 g/mol. The van der Waals surface area contributed by atoms with E-state index < -0.39 is 0 Å². The van der Waals surface area contributed by atoms with E-state index in [9.17, 15) is 4.79 Å². The summed E-state index contributed by atoms with van der Waals surface area (Å²) in [5.74, 6) is 0.291. The maximum absolute atomic E-state index is 12.1. The minimum absolute atomic E-state index is 0.129. The van der Waals surface area contributed by atoms with E-state index in [2.05, 4.69) is 23.9 Å². The highest BCUT2D eigenvalue weighted by Gasteiger charge is 2.29. The zero-order valence-corrected chi connectivity index (χ0v) is 11.1. The van der Waals surface area contributed by atoms with Crippen molar-refractivity contribution < 1.29 is 4.79 Å². The van der Waals surface area contributed by atoms with Gasteiger partial charge in [0, 0.05) is 13.6 Å². The van der Waals surface area contributed by atoms with Gasteiger partial charge in [0.1, 0.15) is 0 Å². The number of hydrogen-bond acceptors (Lipinski definition) is 3. The Bertz CT molecular complexity index is 230. The second-order valence-corrected chi connectivity index (χ2v) is 5.06. The minimum Gasteiger partial charge on any atom is -0.344 e. The van der Waals surface area contributed by atoms with Crippen LogP contribution < -0.4 is 0 Å². The van der Waals surface area contributed by atoms with Crippen LogP contribution in [0.5, 0.6) is 0 Å². The Morgan fingerprint density at radius 1 is 1.31 bits per heavy atom. The van der Waals surface area contributed by atoms with Crippen LogP contribution in [0.4, 0.5) is 0 Å². The molecule has 0 bridgehead atoms. The first-order chi connectivity index (χ1) is 7.52. The van der Waals surface area contributed by atoms with Crippen LogP contribution in [0.1, 0.15) is 19.3 Å². The normalized spacial score (nSPS) is 21.7. The fourth-order valence-electron chi connectivity index (χ4n) is 2.21. The van der Waals surface area contributed by atoms with Gasteiger partial charge in [0.25, 0.3) is 0 Å². The summed E-state index contributed by atoms with van der Waals surface area (Å²) in [6, 6.07) is 0.129. The third-order valence-electron chi connectivity index (χ3n) is 3.28. The van der Waals surface area contributed by atoms with E-state index in [1.807, 2.05) is 19.0 Å². The molecule has 0 aromatic carbocycles. The van der Waals surface area contributed by atoms with Crippen molar-refractivity contribution in [1.29, 1.82) is 0 Å². The van der Waals surface area contributed by atoms with Gasteiger partial charge >= 0.3 is 0 Å². The molecule has 1 heterocycles. The smallest absolute Gasteiger partial charge is 0.239 e. The number of hydrogen-bond donors (Lipinski definition) is 0. The topological polar surface area (TPSA) is 26.8 Å². The van der Waals surface area contributed by atoms with Gasteiger partial charge in [0.15, 0.2) is 0 Å². The van der Waals surface area contributed by atoms with Crippen LogP contribution in [0.15, 0.2) is 0 Å². The molecule has 1 unspecified atom stereocenters. The molecule has 1 aliphatic heterocycles. The van der Waals surface area contributed by atoms with Crippen LogP contribution in [-0.2, 0) is 4.79 Å². The largest absolute Gasteiger partial charge is 0.344 e. The van der Waals surface area contributed by atoms with Gasteiger partial charge in [0.2, 0.25) is 5.91 Å². The van der Waals surface area contributed by atoms with Gasteiger partial charge < -0.3 is 9.80 Å². The molecule has 0 spiro atoms. The Morgan fingerprint density at radius 3 is 2.50 bits per heavy atom. The molecular weight excluding hydrogens is 202 g/mol. The van der Waals surface area contributed by atoms with E-state index in [0.29, 0.717) is 5.91 Å². The third-order valence-corrected chi connectivity index (χ3v) is 3.28. The zero-order chi connectivity index (χ0) is 12.1. The zero-order valence-electron chi connectivity index (χ0n) is 11.1. The second kappa shape index (κ2) is 6.21. The average molecular weight is 227 g/mol. The van der Waals surface area contributed by atoms with E-state index in [-0.39, 0.29) is 6.04 Å². The number of rotatable bonds is 5. The van der Waals surface area contributed by atoms with Crippen molar-refractivity contribution >= 4 is 5.91 Å². The van der Waals surface area contributed by atoms with E-state index >= 15 is 0 Å². The van der Waals surface area contributed by atoms with Crippen LogP contribution in [-0.4, -0.2) is 74.5 Å². The summed E-state index contributed by atoms with van der Waals surface area (Å²) in [5.41, 5.74) is 0. The lowest BCUT2D eigenvalue weighted by atomic mass is 10.2. The predicted octanol–water partition coefficient (Wildman–Crippen LogP) is 0.491. The molecule has 1 saturated heterocycles. The Morgan fingerprint density at radius 2 is 2.00 bits per heavy atom. The number of nitrogens with zero attached hydrogens (tertiary/aromatic N) is 3. The van der Waals surface area contributed by atoms with Crippen molar-refractivity contribution in [2.75, 3.05) is 47.8 Å². The fraction of sp³-hybridized carbons (Fsp3) is 0.917. The molecule has 1 atom stereocenters. The molecule has 1 rings (SSSR count). The summed E-state index contributed by atoms with van der Waals surface area (Å²) in [7, 11) is 8.09. The van der Waals surface area contributed by atoms with Crippen molar-refractivity contribution in [3.05, 3.63) is 0 Å². The molecule has 0 aromatic rings. The minimum atomic E-state index is 0.129. The number of carbonyl (C=O) groups is 1. The van der Waals surface area contributed by atoms with Crippen LogP contribution in [0.2, 0.25) is 0 Å². The molecule has 94 valence electrons. The summed E-state index contributed by atoms with van der Waals surface area (Å²) in [4.78, 5) is 18.3. The highest BCUT2D eigenvalue weighted by Crippen LogP contribution is 2.16. The lowest BCUT2D eigenvalue weighted by Crippen LogP contribution is -2.43. The van der Waals surface area contributed by atoms with Crippen molar-refractivity contribution in [2.45, 2.75) is 25.3 Å². The number of likely N-dealkylation sites (tertiary alicyclic amines) is 1. The van der Waals surface area contributed by atoms with Gasteiger partial charge in [-0.05, 0) is 53.5 Å². The first kappa shape index (κ1) is 13.5. The molecule has 1 fully saturated rings. The van der Waals surface area contributed by atoms with Crippen molar-refractivity contribution in [3.8, 4) is 0 Å². The van der Waals surface area contributed by atoms with Gasteiger partial charge in [-0.3, -0.25) is 9.69 Å². The van der Waals surface area contributed by atoms with Gasteiger partial charge in [-0.15, -0.1) is 0 Å². The Kier molecular flexibility index (Phi) is 5.22. The van der Waals surface area contributed by atoms with Crippen molar-refractivity contribution in [2.24, 2.45) is 0 Å². The van der Waals surface area contributed by atoms with Crippen molar-refractivity contribution in [1.82, 2.24) is 14.7 Å². The summed E-state index contributed by atoms with van der Waals surface area (Å²) in [6.45, 7) is 2.96. The molecule has 1 amide bonds. The van der Waals surface area contributed by atoms with Gasteiger partial charge in [0.05, 0.1) is 6.04 Å². The fourth-order valence-corrected chi connectivity index (χ4v) is 2.21. The highest BCUT2D eigenvalue weighted by molar-refractivity contribution is 5.81. The molecule has 1 aliphatic rings. The molecule has 16 heavy (non-hydrogen) atoms. The number of amides is 1. The van der Waals surface area contributed by atoms with Crippen LogP contribution in [0, 0.1) is 0 Å². The molecular formula is C12H25N3O.